The monoisotopic (exact) mass is 375 g/mol. The number of carbonyl (C=O) groups excluding carboxylic acids is 1. The van der Waals surface area contributed by atoms with Gasteiger partial charge >= 0.3 is 0 Å². The van der Waals surface area contributed by atoms with Crippen molar-refractivity contribution in [2.75, 3.05) is 10.6 Å². The maximum absolute atomic E-state index is 13.3. The molecule has 0 unspecified atom stereocenters. The van der Waals surface area contributed by atoms with Crippen LogP contribution in [0.15, 0.2) is 60.9 Å². The number of anilines is 2. The molecule has 1 aliphatic rings. The van der Waals surface area contributed by atoms with Gasteiger partial charge in [-0.05, 0) is 36.1 Å². The lowest BCUT2D eigenvalue weighted by atomic mass is 9.84. The SMILES string of the molecule is CC(C)c1ccc([C@H]2[C@@H](C(=O)Nc3ccccc3)[C@H](C)Nc3ncnn32)cc1. The van der Waals surface area contributed by atoms with Crippen LogP contribution < -0.4 is 10.6 Å². The highest BCUT2D eigenvalue weighted by atomic mass is 16.2. The molecule has 2 heterocycles. The molecule has 6 heteroatoms. The van der Waals surface area contributed by atoms with Crippen LogP contribution in [0.5, 0.6) is 0 Å². The Kier molecular flexibility index (Phi) is 4.86. The molecule has 0 saturated carbocycles. The van der Waals surface area contributed by atoms with E-state index >= 15 is 0 Å². The van der Waals surface area contributed by atoms with Crippen molar-refractivity contribution < 1.29 is 4.79 Å². The summed E-state index contributed by atoms with van der Waals surface area (Å²) in [5.74, 6) is 0.777. The minimum absolute atomic E-state index is 0.0368. The van der Waals surface area contributed by atoms with Crippen LogP contribution in [-0.4, -0.2) is 26.7 Å². The number of aromatic nitrogens is 3. The lowest BCUT2D eigenvalue weighted by molar-refractivity contribution is -0.121. The van der Waals surface area contributed by atoms with Gasteiger partial charge in [-0.25, -0.2) is 4.68 Å². The van der Waals surface area contributed by atoms with E-state index in [9.17, 15) is 4.79 Å². The second-order valence-electron chi connectivity index (χ2n) is 7.61. The fraction of sp³-hybridized carbons (Fsp3) is 0.318. The third-order valence-corrected chi connectivity index (χ3v) is 5.36. The number of benzene rings is 2. The van der Waals surface area contributed by atoms with Crippen LogP contribution in [0.1, 0.15) is 43.9 Å². The summed E-state index contributed by atoms with van der Waals surface area (Å²) >= 11 is 0. The van der Waals surface area contributed by atoms with Gasteiger partial charge in [0.2, 0.25) is 11.9 Å². The molecule has 3 atom stereocenters. The topological polar surface area (TPSA) is 71.8 Å². The van der Waals surface area contributed by atoms with Gasteiger partial charge in [-0.1, -0.05) is 56.3 Å². The van der Waals surface area contributed by atoms with Gasteiger partial charge in [-0.3, -0.25) is 4.79 Å². The van der Waals surface area contributed by atoms with Crippen molar-refractivity contribution in [1.82, 2.24) is 14.8 Å². The van der Waals surface area contributed by atoms with E-state index in [4.69, 9.17) is 0 Å². The molecule has 2 aromatic carbocycles. The largest absolute Gasteiger partial charge is 0.351 e. The fourth-order valence-corrected chi connectivity index (χ4v) is 3.82. The van der Waals surface area contributed by atoms with Crippen LogP contribution in [0.25, 0.3) is 0 Å². The van der Waals surface area contributed by atoms with Gasteiger partial charge in [0.1, 0.15) is 6.33 Å². The molecular weight excluding hydrogens is 350 g/mol. The van der Waals surface area contributed by atoms with Gasteiger partial charge in [-0.15, -0.1) is 0 Å². The Bertz CT molecular complexity index is 949. The highest BCUT2D eigenvalue weighted by molar-refractivity contribution is 5.94. The highest BCUT2D eigenvalue weighted by Crippen LogP contribution is 2.36. The number of rotatable bonds is 4. The van der Waals surface area contributed by atoms with E-state index in [2.05, 4.69) is 58.8 Å². The summed E-state index contributed by atoms with van der Waals surface area (Å²) in [6.07, 6.45) is 1.53. The van der Waals surface area contributed by atoms with Gasteiger partial charge in [0.15, 0.2) is 0 Å². The Morgan fingerprint density at radius 2 is 1.82 bits per heavy atom. The minimum atomic E-state index is -0.334. The Hall–Kier alpha value is -3.15. The number of nitrogens with one attached hydrogen (secondary N) is 2. The van der Waals surface area contributed by atoms with E-state index in [0.29, 0.717) is 11.9 Å². The molecule has 0 fully saturated rings. The van der Waals surface area contributed by atoms with Crippen LogP contribution in [0, 0.1) is 5.92 Å². The average Bonchev–Trinajstić information content (AvgIpc) is 3.15. The predicted molar refractivity (Wildman–Crippen MR) is 110 cm³/mol. The third kappa shape index (κ3) is 3.38. The highest BCUT2D eigenvalue weighted by Gasteiger charge is 2.41. The summed E-state index contributed by atoms with van der Waals surface area (Å²) in [6, 6.07) is 17.7. The van der Waals surface area contributed by atoms with E-state index in [-0.39, 0.29) is 23.9 Å². The molecule has 0 saturated heterocycles. The molecule has 1 amide bonds. The third-order valence-electron chi connectivity index (χ3n) is 5.36. The lowest BCUT2D eigenvalue weighted by Gasteiger charge is -2.37. The zero-order chi connectivity index (χ0) is 19.7. The van der Waals surface area contributed by atoms with Gasteiger partial charge in [0.05, 0.1) is 12.0 Å². The zero-order valence-electron chi connectivity index (χ0n) is 16.3. The van der Waals surface area contributed by atoms with Crippen LogP contribution in [0.4, 0.5) is 11.6 Å². The number of hydrogen-bond donors (Lipinski definition) is 2. The Morgan fingerprint density at radius 1 is 1.11 bits per heavy atom. The van der Waals surface area contributed by atoms with Crippen molar-refractivity contribution in [3.63, 3.8) is 0 Å². The molecular formula is C22H25N5O. The molecule has 1 aliphatic heterocycles. The molecule has 1 aromatic heterocycles. The molecule has 0 aliphatic carbocycles. The number of hydrogen-bond acceptors (Lipinski definition) is 4. The molecule has 2 N–H and O–H groups in total. The molecule has 0 spiro atoms. The Labute approximate surface area is 165 Å². The Morgan fingerprint density at radius 3 is 2.50 bits per heavy atom. The average molecular weight is 375 g/mol. The summed E-state index contributed by atoms with van der Waals surface area (Å²) < 4.78 is 1.82. The summed E-state index contributed by atoms with van der Waals surface area (Å²) in [5.41, 5.74) is 3.12. The first-order chi connectivity index (χ1) is 13.5. The second kappa shape index (κ2) is 7.46. The number of carbonyl (C=O) groups is 1. The molecule has 3 aromatic rings. The quantitative estimate of drug-likeness (QED) is 0.721. The number of fused-ring (bicyclic) bond motifs is 1. The van der Waals surface area contributed by atoms with Gasteiger partial charge in [0.25, 0.3) is 0 Å². The summed E-state index contributed by atoms with van der Waals surface area (Å²) in [5, 5.41) is 10.8. The number of para-hydroxylation sites is 1. The van der Waals surface area contributed by atoms with Crippen molar-refractivity contribution in [2.45, 2.75) is 38.8 Å². The van der Waals surface area contributed by atoms with Crippen molar-refractivity contribution in [1.29, 1.82) is 0 Å². The van der Waals surface area contributed by atoms with Gasteiger partial charge in [0, 0.05) is 11.7 Å². The van der Waals surface area contributed by atoms with E-state index < -0.39 is 0 Å². The molecule has 0 radical (unpaired) electrons. The first-order valence-electron chi connectivity index (χ1n) is 9.66. The summed E-state index contributed by atoms with van der Waals surface area (Å²) in [6.45, 7) is 6.36. The maximum atomic E-state index is 13.3. The number of amides is 1. The van der Waals surface area contributed by atoms with Crippen molar-refractivity contribution >= 4 is 17.5 Å². The van der Waals surface area contributed by atoms with Crippen molar-refractivity contribution in [2.24, 2.45) is 5.92 Å². The zero-order valence-corrected chi connectivity index (χ0v) is 16.3. The normalized spacial score (nSPS) is 21.1. The predicted octanol–water partition coefficient (Wildman–Crippen LogP) is 4.06. The number of nitrogens with zero attached hydrogens (tertiary/aromatic N) is 3. The minimum Gasteiger partial charge on any atom is -0.351 e. The summed E-state index contributed by atoms with van der Waals surface area (Å²) in [4.78, 5) is 17.6. The smallest absolute Gasteiger partial charge is 0.232 e. The van der Waals surface area contributed by atoms with Crippen molar-refractivity contribution in [3.05, 3.63) is 72.1 Å². The lowest BCUT2D eigenvalue weighted by Crippen LogP contribution is -2.46. The Balaban J connectivity index is 1.71. The fourth-order valence-electron chi connectivity index (χ4n) is 3.82. The maximum Gasteiger partial charge on any atom is 0.232 e. The van der Waals surface area contributed by atoms with Gasteiger partial charge in [-0.2, -0.15) is 10.1 Å². The standard InChI is InChI=1S/C22H25N5O/c1-14(2)16-9-11-17(12-10-16)20-19(15(3)25-22-23-13-24-27(20)22)21(28)26-18-7-5-4-6-8-18/h4-15,19-20H,1-3H3,(H,26,28)(H,23,24,25)/t15-,19-,20-/m0/s1. The van der Waals surface area contributed by atoms with Crippen LogP contribution >= 0.6 is 0 Å². The van der Waals surface area contributed by atoms with Crippen LogP contribution in [0.2, 0.25) is 0 Å². The molecule has 4 rings (SSSR count). The van der Waals surface area contributed by atoms with E-state index in [1.54, 1.807) is 0 Å². The van der Waals surface area contributed by atoms with E-state index in [0.717, 1.165) is 11.3 Å². The molecule has 0 bridgehead atoms. The van der Waals surface area contributed by atoms with E-state index in [1.807, 2.05) is 41.9 Å². The molecule has 144 valence electrons. The van der Waals surface area contributed by atoms with Crippen LogP contribution in [0.3, 0.4) is 0 Å². The van der Waals surface area contributed by atoms with Crippen LogP contribution in [-0.2, 0) is 4.79 Å². The molecule has 28 heavy (non-hydrogen) atoms. The van der Waals surface area contributed by atoms with Gasteiger partial charge < -0.3 is 10.6 Å². The van der Waals surface area contributed by atoms with Crippen molar-refractivity contribution in [3.8, 4) is 0 Å². The summed E-state index contributed by atoms with van der Waals surface area (Å²) in [7, 11) is 0. The first kappa shape index (κ1) is 18.2. The first-order valence-corrected chi connectivity index (χ1v) is 9.66. The van der Waals surface area contributed by atoms with E-state index in [1.165, 1.54) is 11.9 Å². The molecule has 6 nitrogen and oxygen atoms in total. The second-order valence-corrected chi connectivity index (χ2v) is 7.61.